The lowest BCUT2D eigenvalue weighted by molar-refractivity contribution is -0.184. The number of hydrogen-bond donors (Lipinski definition) is 2. The summed E-state index contributed by atoms with van der Waals surface area (Å²) in [4.78, 5) is 0. The summed E-state index contributed by atoms with van der Waals surface area (Å²) in [5.74, 6) is -4.71. The first-order valence-electron chi connectivity index (χ1n) is 6.79. The Bertz CT molecular complexity index is 458. The van der Waals surface area contributed by atoms with Crippen molar-refractivity contribution in [3.05, 3.63) is 35.1 Å². The van der Waals surface area contributed by atoms with Gasteiger partial charge >= 0.3 is 5.92 Å². The average molecular weight is 289 g/mol. The van der Waals surface area contributed by atoms with Gasteiger partial charge in [0, 0.05) is 11.6 Å². The van der Waals surface area contributed by atoms with Crippen LogP contribution >= 0.6 is 0 Å². The van der Waals surface area contributed by atoms with Crippen LogP contribution in [0.5, 0.6) is 0 Å². The van der Waals surface area contributed by atoms with Crippen molar-refractivity contribution in [3.63, 3.8) is 0 Å². The van der Waals surface area contributed by atoms with Crippen LogP contribution in [0.4, 0.5) is 13.2 Å². The van der Waals surface area contributed by atoms with Gasteiger partial charge in [0.15, 0.2) is 0 Å². The monoisotopic (exact) mass is 289 g/mol. The minimum atomic E-state index is -3.67. The van der Waals surface area contributed by atoms with Crippen molar-refractivity contribution in [2.75, 3.05) is 0 Å². The Kier molecular flexibility index (Phi) is 5.21. The number of halogens is 3. The summed E-state index contributed by atoms with van der Waals surface area (Å²) in [6.45, 7) is 4.40. The minimum absolute atomic E-state index is 0.0217. The third-order valence-corrected chi connectivity index (χ3v) is 3.55. The van der Waals surface area contributed by atoms with Gasteiger partial charge in [-0.3, -0.25) is 0 Å². The second-order valence-electron chi connectivity index (χ2n) is 5.45. The molecule has 0 amide bonds. The Hall–Kier alpha value is -1.07. The molecular formula is C15H22F3NO. The average Bonchev–Trinajstić information content (AvgIpc) is 2.35. The molecule has 0 saturated heterocycles. The molecule has 0 unspecified atom stereocenters. The van der Waals surface area contributed by atoms with E-state index in [0.717, 1.165) is 13.0 Å². The molecule has 1 rings (SSSR count). The molecule has 0 radical (unpaired) electrons. The number of alkyl halides is 2. The third-order valence-electron chi connectivity index (χ3n) is 3.55. The van der Waals surface area contributed by atoms with Crippen molar-refractivity contribution in [2.24, 2.45) is 5.73 Å². The first-order chi connectivity index (χ1) is 9.15. The summed E-state index contributed by atoms with van der Waals surface area (Å²) >= 11 is 0. The summed E-state index contributed by atoms with van der Waals surface area (Å²) in [5, 5.41) is 10.0. The Morgan fingerprint density at radius 2 is 1.95 bits per heavy atom. The van der Waals surface area contributed by atoms with Crippen LogP contribution in [-0.2, 0) is 5.92 Å². The Labute approximate surface area is 117 Å². The number of benzene rings is 1. The van der Waals surface area contributed by atoms with Gasteiger partial charge in [-0.1, -0.05) is 31.9 Å². The highest BCUT2D eigenvalue weighted by molar-refractivity contribution is 5.32. The maximum atomic E-state index is 14.4. The van der Waals surface area contributed by atoms with E-state index in [-0.39, 0.29) is 12.0 Å². The number of hydrogen-bond acceptors (Lipinski definition) is 2. The summed E-state index contributed by atoms with van der Waals surface area (Å²) in [6.07, 6.45) is 1.02. The normalized spacial score (nSPS) is 16.8. The molecule has 0 heterocycles. The summed E-state index contributed by atoms with van der Waals surface area (Å²) < 4.78 is 43.1. The van der Waals surface area contributed by atoms with Gasteiger partial charge < -0.3 is 10.8 Å². The van der Waals surface area contributed by atoms with Gasteiger partial charge in [-0.2, -0.15) is 8.78 Å². The van der Waals surface area contributed by atoms with Gasteiger partial charge in [-0.15, -0.1) is 0 Å². The van der Waals surface area contributed by atoms with Crippen LogP contribution in [0.15, 0.2) is 18.2 Å². The number of aliphatic hydroxyl groups is 1. The lowest BCUT2D eigenvalue weighted by Gasteiger charge is -2.33. The molecule has 0 fully saturated rings. The first kappa shape index (κ1) is 17.0. The molecule has 114 valence electrons. The Morgan fingerprint density at radius 3 is 2.45 bits per heavy atom. The Balaban J connectivity index is 3.24. The fourth-order valence-electron chi connectivity index (χ4n) is 2.11. The van der Waals surface area contributed by atoms with Gasteiger partial charge in [0.1, 0.15) is 11.4 Å². The van der Waals surface area contributed by atoms with Gasteiger partial charge in [0.05, 0.1) is 5.56 Å². The molecule has 0 aliphatic rings. The number of rotatable bonds is 6. The number of unbranched alkanes of at least 4 members (excludes halogenated alkanes) is 1. The molecule has 20 heavy (non-hydrogen) atoms. The van der Waals surface area contributed by atoms with Crippen LogP contribution in [0, 0.1) is 5.82 Å². The van der Waals surface area contributed by atoms with Crippen LogP contribution < -0.4 is 5.73 Å². The highest BCUT2D eigenvalue weighted by atomic mass is 19.3. The van der Waals surface area contributed by atoms with E-state index in [2.05, 4.69) is 0 Å². The quantitative estimate of drug-likeness (QED) is 0.835. The molecule has 2 nitrogen and oxygen atoms in total. The predicted octanol–water partition coefficient (Wildman–Crippen LogP) is 3.88. The van der Waals surface area contributed by atoms with Gasteiger partial charge in [-0.25, -0.2) is 4.39 Å². The molecule has 2 atom stereocenters. The molecular weight excluding hydrogens is 267 g/mol. The van der Waals surface area contributed by atoms with E-state index >= 15 is 0 Å². The van der Waals surface area contributed by atoms with Crippen LogP contribution in [0.2, 0.25) is 0 Å². The van der Waals surface area contributed by atoms with Crippen molar-refractivity contribution in [2.45, 2.75) is 57.6 Å². The summed E-state index contributed by atoms with van der Waals surface area (Å²) in [7, 11) is 0. The van der Waals surface area contributed by atoms with Crippen LogP contribution in [0.25, 0.3) is 0 Å². The molecule has 1 aromatic carbocycles. The molecule has 3 N–H and O–H groups in total. The zero-order valence-corrected chi connectivity index (χ0v) is 12.1. The highest BCUT2D eigenvalue weighted by Crippen LogP contribution is 2.43. The molecule has 0 saturated carbocycles. The lowest BCUT2D eigenvalue weighted by atomic mass is 9.86. The fraction of sp³-hybridized carbons (Fsp3) is 0.600. The van der Waals surface area contributed by atoms with Crippen molar-refractivity contribution < 1.29 is 18.3 Å². The second kappa shape index (κ2) is 6.14. The van der Waals surface area contributed by atoms with E-state index in [4.69, 9.17) is 5.73 Å². The van der Waals surface area contributed by atoms with Gasteiger partial charge in [0.25, 0.3) is 0 Å². The highest BCUT2D eigenvalue weighted by Gasteiger charge is 2.51. The molecule has 0 aliphatic heterocycles. The molecule has 1 aromatic rings. The standard InChI is InChI=1S/C15H22F3NO/c1-4-5-9-14(3,20)15(17,18)12-8-6-7-11(10(2)19)13(12)16/h6-8,10,20H,4-5,9,19H2,1-3H3/t10-,14-/m1/s1. The van der Waals surface area contributed by atoms with E-state index < -0.39 is 28.9 Å². The van der Waals surface area contributed by atoms with Crippen molar-refractivity contribution in [1.29, 1.82) is 0 Å². The molecule has 0 spiro atoms. The zero-order valence-electron chi connectivity index (χ0n) is 12.1. The summed E-state index contributed by atoms with van der Waals surface area (Å²) in [6, 6.07) is 3.02. The molecule has 0 aliphatic carbocycles. The fourth-order valence-corrected chi connectivity index (χ4v) is 2.11. The van der Waals surface area contributed by atoms with Crippen LogP contribution in [0.1, 0.15) is 57.2 Å². The van der Waals surface area contributed by atoms with Gasteiger partial charge in [0.2, 0.25) is 0 Å². The second-order valence-corrected chi connectivity index (χ2v) is 5.45. The zero-order chi connectivity index (χ0) is 15.6. The smallest absolute Gasteiger partial charge is 0.303 e. The Morgan fingerprint density at radius 1 is 1.35 bits per heavy atom. The lowest BCUT2D eigenvalue weighted by Crippen LogP contribution is -2.44. The van der Waals surface area contributed by atoms with E-state index in [1.54, 1.807) is 0 Å². The number of nitrogens with two attached hydrogens (primary N) is 1. The maximum absolute atomic E-state index is 14.4. The molecule has 5 heteroatoms. The molecule has 0 aromatic heterocycles. The van der Waals surface area contributed by atoms with Crippen molar-refractivity contribution in [3.8, 4) is 0 Å². The van der Waals surface area contributed by atoms with E-state index in [9.17, 15) is 18.3 Å². The van der Waals surface area contributed by atoms with E-state index in [0.29, 0.717) is 12.8 Å². The third kappa shape index (κ3) is 3.15. The SMILES string of the molecule is CCCC[C@@](C)(O)C(F)(F)c1cccc([C@@H](C)N)c1F. The largest absolute Gasteiger partial charge is 0.384 e. The predicted molar refractivity (Wildman–Crippen MR) is 73.0 cm³/mol. The van der Waals surface area contributed by atoms with Gasteiger partial charge in [-0.05, 0) is 26.3 Å². The first-order valence-corrected chi connectivity index (χ1v) is 6.79. The van der Waals surface area contributed by atoms with Crippen LogP contribution in [-0.4, -0.2) is 10.7 Å². The van der Waals surface area contributed by atoms with E-state index in [1.165, 1.54) is 19.1 Å². The van der Waals surface area contributed by atoms with Crippen LogP contribution in [0.3, 0.4) is 0 Å². The molecule has 0 bridgehead atoms. The maximum Gasteiger partial charge on any atom is 0.303 e. The van der Waals surface area contributed by atoms with Crippen molar-refractivity contribution in [1.82, 2.24) is 0 Å². The summed E-state index contributed by atoms with van der Waals surface area (Å²) in [5.41, 5.74) is 2.50. The van der Waals surface area contributed by atoms with Crippen molar-refractivity contribution >= 4 is 0 Å². The van der Waals surface area contributed by atoms with E-state index in [1.807, 2.05) is 6.92 Å². The topological polar surface area (TPSA) is 46.2 Å². The minimum Gasteiger partial charge on any atom is -0.384 e.